The number of hydrogen-bond acceptors (Lipinski definition) is 26. The Balaban J connectivity index is -0.000000359. The Morgan fingerprint density at radius 1 is 0.755 bits per heavy atom. The number of halogens is 8. The summed E-state index contributed by atoms with van der Waals surface area (Å²) < 4.78 is 55.2. The Hall–Kier alpha value is -7.97. The molecular weight excluding hydrogens is 1660 g/mol. The average Bonchev–Trinajstić information content (AvgIpc) is 0.916. The van der Waals surface area contributed by atoms with E-state index in [9.17, 15) is 48.4 Å². The van der Waals surface area contributed by atoms with Gasteiger partial charge in [-0.3, -0.25) is 53.9 Å². The summed E-state index contributed by atoms with van der Waals surface area (Å²) in [6, 6.07) is 33.7. The number of esters is 2. The van der Waals surface area contributed by atoms with Crippen LogP contribution in [-0.2, 0) is 61.0 Å². The van der Waals surface area contributed by atoms with Crippen LogP contribution in [0.25, 0.3) is 33.1 Å². The maximum absolute atomic E-state index is 12.7. The molecular formula is C65H81BBrCl6FMnN14O15PS. The van der Waals surface area contributed by atoms with Crippen LogP contribution < -0.4 is 27.2 Å². The number of thiol groups is 1. The predicted octanol–water partition coefficient (Wildman–Crippen LogP) is 16.4. The van der Waals surface area contributed by atoms with Gasteiger partial charge in [-0.15, -0.1) is 12.4 Å². The van der Waals surface area contributed by atoms with Crippen LogP contribution in [0.1, 0.15) is 68.0 Å². The number of ether oxygens (including phenoxy) is 3. The van der Waals surface area contributed by atoms with E-state index in [1.807, 2.05) is 100 Å². The van der Waals surface area contributed by atoms with Gasteiger partial charge in [0, 0.05) is 44.7 Å². The third-order valence-corrected chi connectivity index (χ3v) is 12.6. The van der Waals surface area contributed by atoms with Crippen LogP contribution >= 0.6 is 103 Å². The number of rotatable bonds is 7. The van der Waals surface area contributed by atoms with Crippen molar-refractivity contribution in [1.82, 2.24) is 29.9 Å². The molecule has 106 heavy (non-hydrogen) atoms. The molecule has 41 heteroatoms. The van der Waals surface area contributed by atoms with Crippen molar-refractivity contribution in [2.45, 2.75) is 74.6 Å². The van der Waals surface area contributed by atoms with Gasteiger partial charge < -0.3 is 46.0 Å². The number of fused-ring (bicyclic) bond motifs is 4. The number of nitrogens with zero attached hydrogens (tertiary/aromatic N) is 9. The van der Waals surface area contributed by atoms with Crippen molar-refractivity contribution >= 4 is 190 Å². The number of nitro groups is 2. The maximum atomic E-state index is 12.7. The van der Waals surface area contributed by atoms with Gasteiger partial charge in [-0.2, -0.15) is 9.65 Å². The first-order chi connectivity index (χ1) is 48.8. The number of methoxy groups -OCH3 is 2. The fourth-order valence-corrected chi connectivity index (χ4v) is 7.82. The molecule has 6 aromatic carbocycles. The summed E-state index contributed by atoms with van der Waals surface area (Å²) in [4.78, 5) is 85.3. The van der Waals surface area contributed by atoms with Crippen LogP contribution in [-0.4, -0.2) is 125 Å². The van der Waals surface area contributed by atoms with Crippen LogP contribution in [0.5, 0.6) is 0 Å². The molecule has 2 aliphatic heterocycles. The second kappa shape index (κ2) is 62.1. The quantitative estimate of drug-likeness (QED) is 0.0148. The second-order valence-electron chi connectivity index (χ2n) is 19.4. The molecule has 1 saturated heterocycles. The number of nitrogens with two attached hydrogens (primary N) is 1. The number of anilines is 3. The molecule has 3 aromatic heterocycles. The fourth-order valence-electron chi connectivity index (χ4n) is 7.19. The normalized spacial score (nSPS) is 10.3. The first-order valence-corrected chi connectivity index (χ1v) is 36.6. The number of H-pyrrole nitrogens is 1. The molecule has 0 unspecified atom stereocenters. The van der Waals surface area contributed by atoms with Gasteiger partial charge in [-0.05, 0) is 175 Å². The van der Waals surface area contributed by atoms with Gasteiger partial charge in [0.05, 0.1) is 106 Å². The number of nitriles is 1. The third kappa shape index (κ3) is 49.8. The monoisotopic (exact) mass is 1730 g/mol. The number of nitrogens with one attached hydrogen (secondary N) is 4. The van der Waals surface area contributed by atoms with E-state index in [4.69, 9.17) is 51.7 Å². The number of benzene rings is 6. The van der Waals surface area contributed by atoms with Gasteiger partial charge in [0.25, 0.3) is 11.2 Å². The second-order valence-corrected chi connectivity index (χ2v) is 27.8. The minimum atomic E-state index is -3.22. The van der Waals surface area contributed by atoms with Gasteiger partial charge >= 0.3 is 70.1 Å². The summed E-state index contributed by atoms with van der Waals surface area (Å²) in [5.74, 6) is -1.62. The van der Waals surface area contributed by atoms with E-state index in [1.165, 1.54) is 69.0 Å². The zero-order valence-electron chi connectivity index (χ0n) is 56.9. The number of amides is 1. The number of aromatic amines is 1. The van der Waals surface area contributed by atoms with Crippen LogP contribution in [0, 0.1) is 72.0 Å². The fraction of sp³-hybridized carbons (Fsp3) is 0.292. The molecule has 578 valence electrons. The molecule has 0 aliphatic carbocycles. The van der Waals surface area contributed by atoms with Crippen molar-refractivity contribution < 1.29 is 75.0 Å². The van der Waals surface area contributed by atoms with E-state index < -0.39 is 47.3 Å². The van der Waals surface area contributed by atoms with Crippen LogP contribution in [0.2, 0.25) is 10.3 Å². The van der Waals surface area contributed by atoms with Crippen molar-refractivity contribution in [3.05, 3.63) is 208 Å². The molecule has 0 spiro atoms. The molecule has 1 fully saturated rings. The molecule has 1 amide bonds. The number of carbonyl (C=O) groups is 3. The van der Waals surface area contributed by atoms with Crippen molar-refractivity contribution in [2.75, 3.05) is 70.1 Å². The summed E-state index contributed by atoms with van der Waals surface area (Å²) in [6.45, 7) is 13.2. The van der Waals surface area contributed by atoms with Crippen molar-refractivity contribution in [3.63, 3.8) is 0 Å². The first kappa shape index (κ1) is 107. The molecule has 9 aromatic rings. The number of hydrogen-bond donors (Lipinski definition) is 7. The SMILES string of the molecule is C.C.C1CCOC1.CC#N.CO.COC(=O)CN.COC(=O)CNc1cc(C)ccc1[N+](=O)[O-].Cc1ccc([N+](=O)[O-])c(F)c1.Cc1ccc2[nH]c(=O)cnc2c1.Cc1ccc2c(c1)NCC(=O)N2.Cc1ccc2nc(Cl)cnc2c1.Cl.Clc1cnc2cc(CBr)ccc2n1.O=P(Cl)(Cl)Cl.[B]=NS.[O]=[Mn]=[O]. The number of carbonyl (C=O) groups excluding carboxylic acids is 3. The molecule has 29 nitrogen and oxygen atoms in total. The van der Waals surface area contributed by atoms with Crippen molar-refractivity contribution in [1.29, 1.82) is 5.26 Å². The summed E-state index contributed by atoms with van der Waals surface area (Å²) in [5, 5.41) is 42.1. The van der Waals surface area contributed by atoms with E-state index in [-0.39, 0.29) is 63.5 Å². The number of nitro benzene ring substituents is 2. The Morgan fingerprint density at radius 3 is 1.63 bits per heavy atom. The first-order valence-electron chi connectivity index (χ1n) is 28.9. The van der Waals surface area contributed by atoms with Crippen LogP contribution in [0.15, 0.2) is 137 Å². The van der Waals surface area contributed by atoms with E-state index in [1.54, 1.807) is 37.5 Å². The molecule has 1 radical (unpaired) electrons. The van der Waals surface area contributed by atoms with Gasteiger partial charge in [-0.1, -0.05) is 90.4 Å². The molecule has 7 N–H and O–H groups in total. The van der Waals surface area contributed by atoms with Crippen LogP contribution in [0.3, 0.4) is 0 Å². The summed E-state index contributed by atoms with van der Waals surface area (Å²) in [5.41, 5.74) is 17.6. The van der Waals surface area contributed by atoms with Crippen molar-refractivity contribution in [3.8, 4) is 6.07 Å². The van der Waals surface area contributed by atoms with E-state index in [2.05, 4.69) is 130 Å². The van der Waals surface area contributed by atoms with Gasteiger partial charge in [0.2, 0.25) is 11.7 Å². The van der Waals surface area contributed by atoms with Gasteiger partial charge in [0.15, 0.2) is 0 Å². The molecule has 5 heterocycles. The standard InChI is InChI=1S/C10H12N2O4.C9H6BrClN2.C9H7ClN2.C9H10N2O.C9H8N2O.C7H6FNO2.C4H8O.C3H7NO2.C2H3N.CH4O.2CH4.BHNS.Cl3OP.ClH.Mn.2O/c1-7-3-4-9(12(14)15)8(5-7)11-6-10(13)16-2;10-4-6-1-2-7-8(3-6)12-5-9(11)13-7;1-6-2-3-7-8(4-6)11-5-9(10)12-7;2*1-6-2-3-7-8(4-6)10-5-9(12)11-7;1-5-2-3-7(9(10)11)6(8)4-5;1-2-4-5-3-1;1-6-3(5)2-4;1-2-3;1-2;;;1-2-3;1-5(2,3)4;;;;/h3-5,11H,6H2,1-2H3;1-3,5H,4H2;2-5H,1H3;2-4,10H,5H2,1H3,(H,11,12);2-5H,1H3,(H,11,12);2-4H,1H3;1-4H2;2,4H2,1H3;1H3;2H,1H3;2*1H4;3H;;1H;;;. The van der Waals surface area contributed by atoms with Gasteiger partial charge in [-0.25, -0.2) is 15.0 Å². The number of aliphatic hydroxyl groups is 1. The average molecular weight is 1740 g/mol. The predicted molar refractivity (Wildman–Crippen MR) is 423 cm³/mol. The third-order valence-electron chi connectivity index (χ3n) is 11.5. The van der Waals surface area contributed by atoms with E-state index >= 15 is 0 Å². The zero-order chi connectivity index (χ0) is 78.6. The molecule has 0 saturated carbocycles. The van der Waals surface area contributed by atoms with E-state index in [0.717, 1.165) is 93.4 Å². The molecule has 2 aliphatic rings. The minimum absolute atomic E-state index is 0. The van der Waals surface area contributed by atoms with Crippen molar-refractivity contribution in [2.24, 2.45) is 10.0 Å². The number of aryl methyl sites for hydroxylation is 5. The number of alkyl halides is 1. The summed E-state index contributed by atoms with van der Waals surface area (Å²) in [7, 11) is 7.90. The number of aliphatic hydroxyl groups excluding tert-OH is 1. The molecule has 0 atom stereocenters. The van der Waals surface area contributed by atoms with E-state index in [0.29, 0.717) is 28.1 Å². The molecule has 11 rings (SSSR count). The Morgan fingerprint density at radius 2 is 1.18 bits per heavy atom. The Kier molecular flexibility index (Phi) is 62.5. The number of aromatic nitrogens is 6. The summed E-state index contributed by atoms with van der Waals surface area (Å²) >= 11 is 30.4. The Labute approximate surface area is 664 Å². The Bertz CT molecular complexity index is 4310. The van der Waals surface area contributed by atoms with Crippen LogP contribution in [0.4, 0.5) is 32.8 Å². The molecule has 0 bridgehead atoms. The van der Waals surface area contributed by atoms with Gasteiger partial charge in [0.1, 0.15) is 22.5 Å². The summed E-state index contributed by atoms with van der Waals surface area (Å²) in [6.07, 6.45) is 6.97. The topological polar surface area (TPSA) is 432 Å². The zero-order valence-corrected chi connectivity index (χ0v) is 66.1.